The van der Waals surface area contributed by atoms with Crippen molar-refractivity contribution in [1.29, 1.82) is 0 Å². The average molecular weight is 375 g/mol. The topological polar surface area (TPSA) is 142 Å². The molecule has 2 heterocycles. The number of anilines is 2. The number of non-ortho nitro benzene ring substituents is 1. The molecule has 26 heavy (non-hydrogen) atoms. The van der Waals surface area contributed by atoms with Gasteiger partial charge in [0, 0.05) is 18.3 Å². The number of pyridine rings is 1. The number of nitrogens with two attached hydrogens (primary N) is 1. The third-order valence-corrected chi connectivity index (χ3v) is 4.27. The van der Waals surface area contributed by atoms with Crippen LogP contribution in [0, 0.1) is 10.1 Å². The first-order chi connectivity index (χ1) is 12.4. The van der Waals surface area contributed by atoms with E-state index >= 15 is 0 Å². The minimum absolute atomic E-state index is 0.0826. The molecule has 0 aliphatic carbocycles. The Balaban J connectivity index is 2.07. The lowest BCUT2D eigenvalue weighted by molar-refractivity contribution is -0.384. The Morgan fingerprint density at radius 1 is 1.42 bits per heavy atom. The van der Waals surface area contributed by atoms with Crippen molar-refractivity contribution in [3.05, 3.63) is 56.5 Å². The van der Waals surface area contributed by atoms with E-state index in [-0.39, 0.29) is 33.2 Å². The summed E-state index contributed by atoms with van der Waals surface area (Å²) in [6.45, 7) is 1.82. The van der Waals surface area contributed by atoms with Crippen molar-refractivity contribution in [3.8, 4) is 0 Å². The number of hydrogen-bond acceptors (Lipinski definition) is 9. The van der Waals surface area contributed by atoms with Crippen LogP contribution >= 0.6 is 11.3 Å². The summed E-state index contributed by atoms with van der Waals surface area (Å²) in [7, 11) is 0. The molecular formula is C15H13N5O5S. The van der Waals surface area contributed by atoms with Gasteiger partial charge in [0.25, 0.3) is 11.2 Å². The summed E-state index contributed by atoms with van der Waals surface area (Å²) in [5, 5.41) is 10.9. The van der Waals surface area contributed by atoms with Crippen LogP contribution in [0.5, 0.6) is 0 Å². The van der Waals surface area contributed by atoms with Crippen LogP contribution in [0.3, 0.4) is 0 Å². The predicted octanol–water partition coefficient (Wildman–Crippen LogP) is 2.00. The molecular weight excluding hydrogens is 362 g/mol. The first-order valence-corrected chi connectivity index (χ1v) is 8.22. The van der Waals surface area contributed by atoms with Gasteiger partial charge in [0.1, 0.15) is 15.8 Å². The number of nitrogens with zero attached hydrogens (tertiary/aromatic N) is 3. The molecule has 0 radical (unpaired) electrons. The molecule has 0 unspecified atom stereocenters. The van der Waals surface area contributed by atoms with Gasteiger partial charge in [0.2, 0.25) is 0 Å². The molecule has 2 aromatic heterocycles. The maximum Gasteiger partial charge on any atom is 0.341 e. The monoisotopic (exact) mass is 375 g/mol. The standard InChI is InChI=1S/C15H13N5O5S/c1-2-25-14(22)10-7-19(13(21)12-11(10)17-15(16)26-12)18-8-3-5-9(6-4-8)20(23)24/h3-7,18H,2H2,1H3,(H2,16,17). The second-order valence-corrected chi connectivity index (χ2v) is 6.11. The number of esters is 1. The number of fused-ring (bicyclic) bond motifs is 1. The van der Waals surface area contributed by atoms with Gasteiger partial charge in [0.05, 0.1) is 17.2 Å². The van der Waals surface area contributed by atoms with Gasteiger partial charge in [-0.25, -0.2) is 14.5 Å². The Hall–Kier alpha value is -3.47. The number of aromatic nitrogens is 2. The number of nitro groups is 1. The fraction of sp³-hybridized carbons (Fsp3) is 0.133. The molecule has 10 nitrogen and oxygen atoms in total. The highest BCUT2D eigenvalue weighted by Gasteiger charge is 2.20. The lowest BCUT2D eigenvalue weighted by atomic mass is 10.2. The zero-order valence-corrected chi connectivity index (χ0v) is 14.3. The van der Waals surface area contributed by atoms with Crippen LogP contribution < -0.4 is 16.7 Å². The Morgan fingerprint density at radius 2 is 2.12 bits per heavy atom. The molecule has 134 valence electrons. The number of nitrogen functional groups attached to an aromatic ring is 1. The van der Waals surface area contributed by atoms with Crippen molar-refractivity contribution >= 4 is 44.0 Å². The number of nitro benzene ring substituents is 1. The quantitative estimate of drug-likeness (QED) is 0.392. The fourth-order valence-corrected chi connectivity index (χ4v) is 3.04. The van der Waals surface area contributed by atoms with Crippen LogP contribution in [0.25, 0.3) is 10.2 Å². The minimum atomic E-state index is -0.637. The summed E-state index contributed by atoms with van der Waals surface area (Å²) in [6.07, 6.45) is 1.27. The summed E-state index contributed by atoms with van der Waals surface area (Å²) >= 11 is 0.956. The highest BCUT2D eigenvalue weighted by atomic mass is 32.1. The van der Waals surface area contributed by atoms with E-state index in [1.807, 2.05) is 0 Å². The number of carbonyl (C=O) groups excluding carboxylic acids is 1. The van der Waals surface area contributed by atoms with Crippen molar-refractivity contribution < 1.29 is 14.5 Å². The molecule has 1 aromatic carbocycles. The van der Waals surface area contributed by atoms with Gasteiger partial charge in [-0.3, -0.25) is 20.3 Å². The zero-order valence-electron chi connectivity index (χ0n) is 13.5. The molecule has 0 aliphatic rings. The van der Waals surface area contributed by atoms with E-state index in [0.717, 1.165) is 16.0 Å². The first kappa shape index (κ1) is 17.4. The lowest BCUT2D eigenvalue weighted by Gasteiger charge is -2.11. The van der Waals surface area contributed by atoms with E-state index in [2.05, 4.69) is 10.4 Å². The van der Waals surface area contributed by atoms with E-state index in [4.69, 9.17) is 10.5 Å². The highest BCUT2D eigenvalue weighted by Crippen LogP contribution is 2.24. The van der Waals surface area contributed by atoms with Crippen LogP contribution in [0.15, 0.2) is 35.3 Å². The van der Waals surface area contributed by atoms with Gasteiger partial charge < -0.3 is 10.5 Å². The molecule has 0 saturated heterocycles. The number of rotatable bonds is 5. The van der Waals surface area contributed by atoms with E-state index in [1.165, 1.54) is 30.5 Å². The van der Waals surface area contributed by atoms with Crippen LogP contribution in [-0.2, 0) is 4.74 Å². The minimum Gasteiger partial charge on any atom is -0.462 e. The van der Waals surface area contributed by atoms with E-state index in [0.29, 0.717) is 5.69 Å². The Bertz CT molecular complexity index is 1060. The zero-order chi connectivity index (χ0) is 18.8. The second-order valence-electron chi connectivity index (χ2n) is 5.08. The lowest BCUT2D eigenvalue weighted by Crippen LogP contribution is -2.27. The summed E-state index contributed by atoms with van der Waals surface area (Å²) in [5.41, 5.74) is 8.61. The number of ether oxygens (including phenoxy) is 1. The summed E-state index contributed by atoms with van der Waals surface area (Å²) in [6, 6.07) is 5.48. The average Bonchev–Trinajstić information content (AvgIpc) is 3.00. The van der Waals surface area contributed by atoms with Gasteiger partial charge in [0.15, 0.2) is 5.13 Å². The van der Waals surface area contributed by atoms with E-state index in [1.54, 1.807) is 6.92 Å². The largest absolute Gasteiger partial charge is 0.462 e. The van der Waals surface area contributed by atoms with Crippen molar-refractivity contribution in [2.45, 2.75) is 6.92 Å². The SMILES string of the molecule is CCOC(=O)c1cn(Nc2ccc([N+](=O)[O-])cc2)c(=O)c2sc(N)nc12. The van der Waals surface area contributed by atoms with Gasteiger partial charge in [-0.15, -0.1) is 0 Å². The number of nitrogens with one attached hydrogen (secondary N) is 1. The number of hydrogen-bond donors (Lipinski definition) is 2. The molecule has 0 atom stereocenters. The Labute approximate surface area is 150 Å². The van der Waals surface area contributed by atoms with Crippen LogP contribution in [0.1, 0.15) is 17.3 Å². The second kappa shape index (κ2) is 6.80. The summed E-state index contributed by atoms with van der Waals surface area (Å²) in [4.78, 5) is 39.0. The summed E-state index contributed by atoms with van der Waals surface area (Å²) < 4.78 is 6.29. The third-order valence-electron chi connectivity index (χ3n) is 3.39. The molecule has 3 N–H and O–H groups in total. The maximum absolute atomic E-state index is 12.6. The fourth-order valence-electron chi connectivity index (χ4n) is 2.26. The van der Waals surface area contributed by atoms with Crippen molar-refractivity contribution in [2.75, 3.05) is 17.8 Å². The van der Waals surface area contributed by atoms with Crippen molar-refractivity contribution in [3.63, 3.8) is 0 Å². The van der Waals surface area contributed by atoms with Crippen LogP contribution in [-0.4, -0.2) is 27.2 Å². The third kappa shape index (κ3) is 3.19. The van der Waals surface area contributed by atoms with Crippen LogP contribution in [0.2, 0.25) is 0 Å². The number of thiazole rings is 1. The first-order valence-electron chi connectivity index (χ1n) is 7.41. The van der Waals surface area contributed by atoms with Crippen molar-refractivity contribution in [2.24, 2.45) is 0 Å². The molecule has 11 heteroatoms. The Kier molecular flexibility index (Phi) is 4.54. The molecule has 0 fully saturated rings. The van der Waals surface area contributed by atoms with E-state index < -0.39 is 16.5 Å². The predicted molar refractivity (Wildman–Crippen MR) is 96.4 cm³/mol. The smallest absolute Gasteiger partial charge is 0.341 e. The molecule has 0 aliphatic heterocycles. The van der Waals surface area contributed by atoms with Gasteiger partial charge in [-0.05, 0) is 19.1 Å². The van der Waals surface area contributed by atoms with Gasteiger partial charge in [-0.2, -0.15) is 0 Å². The van der Waals surface area contributed by atoms with Gasteiger partial charge in [-0.1, -0.05) is 11.3 Å². The normalized spacial score (nSPS) is 10.7. The number of benzene rings is 1. The molecule has 0 saturated carbocycles. The molecule has 3 aromatic rings. The molecule has 3 rings (SSSR count). The highest BCUT2D eigenvalue weighted by molar-refractivity contribution is 7.22. The van der Waals surface area contributed by atoms with E-state index in [9.17, 15) is 19.7 Å². The maximum atomic E-state index is 12.6. The van der Waals surface area contributed by atoms with Gasteiger partial charge >= 0.3 is 5.97 Å². The van der Waals surface area contributed by atoms with Crippen molar-refractivity contribution in [1.82, 2.24) is 9.66 Å². The Morgan fingerprint density at radius 3 is 2.73 bits per heavy atom. The molecule has 0 spiro atoms. The number of carbonyl (C=O) groups is 1. The molecule has 0 amide bonds. The van der Waals surface area contributed by atoms with Crippen LogP contribution in [0.4, 0.5) is 16.5 Å². The summed E-state index contributed by atoms with van der Waals surface area (Å²) in [5.74, 6) is -0.637. The molecule has 0 bridgehead atoms.